The van der Waals surface area contributed by atoms with Crippen LogP contribution >= 0.6 is 0 Å². The van der Waals surface area contributed by atoms with E-state index in [0.717, 1.165) is 30.3 Å². The van der Waals surface area contributed by atoms with Crippen molar-refractivity contribution in [2.75, 3.05) is 12.4 Å². The molecular formula is C16H15F3N2O4S. The van der Waals surface area contributed by atoms with Gasteiger partial charge in [-0.15, -0.1) is 0 Å². The van der Waals surface area contributed by atoms with Crippen LogP contribution in [0.15, 0.2) is 41.3 Å². The Bertz CT molecular complexity index is 935. The van der Waals surface area contributed by atoms with Crippen LogP contribution in [0.25, 0.3) is 0 Å². The van der Waals surface area contributed by atoms with E-state index in [-0.39, 0.29) is 11.4 Å². The Hall–Kier alpha value is -2.59. The lowest BCUT2D eigenvalue weighted by Crippen LogP contribution is -2.41. The second-order valence-corrected chi connectivity index (χ2v) is 6.93. The molecule has 0 fully saturated rings. The van der Waals surface area contributed by atoms with Gasteiger partial charge in [0.05, 0.1) is 18.8 Å². The molecule has 2 N–H and O–H groups in total. The number of benzene rings is 2. The molecule has 0 saturated heterocycles. The van der Waals surface area contributed by atoms with Crippen LogP contribution < -0.4 is 14.8 Å². The van der Waals surface area contributed by atoms with Crippen molar-refractivity contribution in [2.24, 2.45) is 0 Å². The van der Waals surface area contributed by atoms with E-state index < -0.39 is 44.3 Å². The van der Waals surface area contributed by atoms with Crippen LogP contribution in [0.3, 0.4) is 0 Å². The third kappa shape index (κ3) is 4.52. The van der Waals surface area contributed by atoms with E-state index in [1.54, 1.807) is 0 Å². The van der Waals surface area contributed by atoms with Crippen LogP contribution in [0.5, 0.6) is 5.75 Å². The van der Waals surface area contributed by atoms with Gasteiger partial charge in [0.25, 0.3) is 0 Å². The summed E-state index contributed by atoms with van der Waals surface area (Å²) in [5.74, 6) is -3.66. The Morgan fingerprint density at radius 3 is 2.31 bits per heavy atom. The average Bonchev–Trinajstić information content (AvgIpc) is 2.56. The average molecular weight is 388 g/mol. The summed E-state index contributed by atoms with van der Waals surface area (Å²) in [6.07, 6.45) is 0. The number of hydrogen-bond donors (Lipinski definition) is 2. The van der Waals surface area contributed by atoms with Crippen LogP contribution in [-0.4, -0.2) is 27.5 Å². The molecule has 2 rings (SSSR count). The van der Waals surface area contributed by atoms with E-state index >= 15 is 0 Å². The maximum atomic E-state index is 13.6. The summed E-state index contributed by atoms with van der Waals surface area (Å²) >= 11 is 0. The van der Waals surface area contributed by atoms with Gasteiger partial charge in [-0.05, 0) is 37.3 Å². The highest BCUT2D eigenvalue weighted by atomic mass is 32.2. The fraction of sp³-hybridized carbons (Fsp3) is 0.188. The minimum Gasteiger partial charge on any atom is -0.495 e. The fourth-order valence-corrected chi connectivity index (χ4v) is 3.43. The van der Waals surface area contributed by atoms with E-state index in [0.29, 0.717) is 6.07 Å². The number of carbonyl (C=O) groups excluding carboxylic acids is 1. The van der Waals surface area contributed by atoms with Crippen LogP contribution in [0.1, 0.15) is 6.92 Å². The molecule has 0 bridgehead atoms. The summed E-state index contributed by atoms with van der Waals surface area (Å²) in [5.41, 5.74) is -0.314. The van der Waals surface area contributed by atoms with E-state index in [9.17, 15) is 26.4 Å². The van der Waals surface area contributed by atoms with Gasteiger partial charge in [-0.1, -0.05) is 0 Å². The molecule has 1 atom stereocenters. The molecule has 2 aromatic carbocycles. The lowest BCUT2D eigenvalue weighted by molar-refractivity contribution is -0.117. The van der Waals surface area contributed by atoms with Crippen molar-refractivity contribution >= 4 is 21.6 Å². The van der Waals surface area contributed by atoms with Crippen molar-refractivity contribution in [3.05, 3.63) is 53.8 Å². The third-order valence-electron chi connectivity index (χ3n) is 3.33. The molecule has 0 aliphatic heterocycles. The number of hydrogen-bond acceptors (Lipinski definition) is 4. The highest BCUT2D eigenvalue weighted by molar-refractivity contribution is 7.89. The normalized spacial score (nSPS) is 12.5. The van der Waals surface area contributed by atoms with Crippen molar-refractivity contribution in [3.63, 3.8) is 0 Å². The first-order valence-corrected chi connectivity index (χ1v) is 8.74. The Kier molecular flexibility index (Phi) is 5.88. The largest absolute Gasteiger partial charge is 0.495 e. The van der Waals surface area contributed by atoms with Crippen LogP contribution in [0.4, 0.5) is 18.9 Å². The van der Waals surface area contributed by atoms with Crippen molar-refractivity contribution in [3.8, 4) is 5.75 Å². The number of halogens is 3. The maximum absolute atomic E-state index is 13.6. The maximum Gasteiger partial charge on any atom is 0.245 e. The van der Waals surface area contributed by atoms with Gasteiger partial charge in [-0.25, -0.2) is 21.6 Å². The Morgan fingerprint density at radius 1 is 1.08 bits per heavy atom. The molecule has 26 heavy (non-hydrogen) atoms. The predicted molar refractivity (Wildman–Crippen MR) is 87.7 cm³/mol. The number of ether oxygens (including phenoxy) is 1. The second-order valence-electron chi connectivity index (χ2n) is 5.25. The van der Waals surface area contributed by atoms with Crippen molar-refractivity contribution in [1.82, 2.24) is 4.72 Å². The number of amides is 1. The topological polar surface area (TPSA) is 84.5 Å². The first-order valence-electron chi connectivity index (χ1n) is 7.26. The van der Waals surface area contributed by atoms with E-state index in [1.807, 2.05) is 4.72 Å². The summed E-state index contributed by atoms with van der Waals surface area (Å²) < 4.78 is 71.5. The van der Waals surface area contributed by atoms with E-state index in [4.69, 9.17) is 4.74 Å². The Labute approximate surface area is 148 Å². The molecule has 0 aromatic heterocycles. The van der Waals surface area contributed by atoms with E-state index in [1.165, 1.54) is 14.0 Å². The fourth-order valence-electron chi connectivity index (χ4n) is 2.04. The molecule has 0 aliphatic carbocycles. The molecule has 1 unspecified atom stereocenters. The van der Waals surface area contributed by atoms with Crippen LogP contribution in [0, 0.1) is 17.5 Å². The van der Waals surface area contributed by atoms with E-state index in [2.05, 4.69) is 5.32 Å². The number of anilines is 1. The highest BCUT2D eigenvalue weighted by Crippen LogP contribution is 2.24. The summed E-state index contributed by atoms with van der Waals surface area (Å²) in [4.78, 5) is 11.6. The van der Waals surface area contributed by atoms with Gasteiger partial charge in [-0.3, -0.25) is 4.79 Å². The first kappa shape index (κ1) is 19.7. The summed E-state index contributed by atoms with van der Waals surface area (Å²) in [6, 6.07) is 4.06. The number of sulfonamides is 1. The standard InChI is InChI=1S/C16H15F3N2O4S/c1-9(16(22)20-13-5-3-10(17)7-12(13)19)21-26(23,24)15-8-11(18)4-6-14(15)25-2/h3-9,21H,1-2H3,(H,20,22). The van der Waals surface area contributed by atoms with Gasteiger partial charge >= 0.3 is 0 Å². The van der Waals surface area contributed by atoms with Crippen LogP contribution in [0.2, 0.25) is 0 Å². The number of carbonyl (C=O) groups is 1. The minimum atomic E-state index is -4.31. The highest BCUT2D eigenvalue weighted by Gasteiger charge is 2.26. The predicted octanol–water partition coefficient (Wildman–Crippen LogP) is 2.42. The number of nitrogens with one attached hydrogen (secondary N) is 2. The summed E-state index contributed by atoms with van der Waals surface area (Å²) in [6.45, 7) is 1.21. The molecule has 1 amide bonds. The molecular weight excluding hydrogens is 373 g/mol. The summed E-state index contributed by atoms with van der Waals surface area (Å²) in [7, 11) is -3.10. The van der Waals surface area contributed by atoms with Crippen LogP contribution in [-0.2, 0) is 14.8 Å². The molecule has 0 saturated carbocycles. The molecule has 140 valence electrons. The zero-order valence-corrected chi connectivity index (χ0v) is 14.5. The molecule has 0 heterocycles. The minimum absolute atomic E-state index is 0.115. The molecule has 0 radical (unpaired) electrons. The quantitative estimate of drug-likeness (QED) is 0.796. The van der Waals surface area contributed by atoms with Gasteiger partial charge in [0.15, 0.2) is 0 Å². The lowest BCUT2D eigenvalue weighted by atomic mass is 10.2. The van der Waals surface area contributed by atoms with Crippen molar-refractivity contribution in [1.29, 1.82) is 0 Å². The molecule has 10 heteroatoms. The Balaban J connectivity index is 2.18. The van der Waals surface area contributed by atoms with Gasteiger partial charge in [0.2, 0.25) is 15.9 Å². The SMILES string of the molecule is COc1ccc(F)cc1S(=O)(=O)NC(C)C(=O)Nc1ccc(F)cc1F. The zero-order valence-electron chi connectivity index (χ0n) is 13.7. The number of rotatable bonds is 6. The molecule has 0 aliphatic rings. The van der Waals surface area contributed by atoms with Gasteiger partial charge in [0, 0.05) is 6.07 Å². The first-order chi connectivity index (χ1) is 12.1. The van der Waals surface area contributed by atoms with Gasteiger partial charge in [0.1, 0.15) is 28.1 Å². The lowest BCUT2D eigenvalue weighted by Gasteiger charge is -2.16. The van der Waals surface area contributed by atoms with Crippen molar-refractivity contribution in [2.45, 2.75) is 17.9 Å². The van der Waals surface area contributed by atoms with Crippen molar-refractivity contribution < 1.29 is 31.1 Å². The zero-order chi connectivity index (χ0) is 19.5. The monoisotopic (exact) mass is 388 g/mol. The number of methoxy groups -OCH3 is 1. The van der Waals surface area contributed by atoms with Gasteiger partial charge in [-0.2, -0.15) is 4.72 Å². The third-order valence-corrected chi connectivity index (χ3v) is 4.89. The summed E-state index contributed by atoms with van der Waals surface area (Å²) in [5, 5.41) is 2.14. The molecule has 0 spiro atoms. The molecule has 2 aromatic rings. The smallest absolute Gasteiger partial charge is 0.245 e. The Morgan fingerprint density at radius 2 is 1.69 bits per heavy atom. The molecule has 6 nitrogen and oxygen atoms in total. The second kappa shape index (κ2) is 7.75. The van der Waals surface area contributed by atoms with Gasteiger partial charge < -0.3 is 10.1 Å².